The zero-order valence-electron chi connectivity index (χ0n) is 17.7. The number of hydrogen-bond donors (Lipinski definition) is 1. The van der Waals surface area contributed by atoms with Gasteiger partial charge in [-0.05, 0) is 40.7 Å². The minimum absolute atomic E-state index is 0.0355. The number of Topliss-reactive ketones (excluding diaryl/α,β-unsaturated/α-hetero) is 1. The van der Waals surface area contributed by atoms with Crippen LogP contribution in [0, 0.1) is 11.8 Å². The van der Waals surface area contributed by atoms with Gasteiger partial charge in [-0.25, -0.2) is 4.79 Å². The van der Waals surface area contributed by atoms with Crippen molar-refractivity contribution >= 4 is 17.4 Å². The molecule has 5 nitrogen and oxygen atoms in total. The summed E-state index contributed by atoms with van der Waals surface area (Å²) in [6.07, 6.45) is 13.5. The fourth-order valence-electron chi connectivity index (χ4n) is 4.46. The van der Waals surface area contributed by atoms with E-state index in [1.54, 1.807) is 4.90 Å². The first-order valence-corrected chi connectivity index (χ1v) is 11.2. The lowest BCUT2D eigenvalue weighted by Gasteiger charge is -2.27. The predicted molar refractivity (Wildman–Crippen MR) is 120 cm³/mol. The SMILES string of the molecule is O=C(CC1=CC2C(=C1)C=CC=C2c1ccc(CNC(=O)N2CCOCC2)cc1)C1CC1. The van der Waals surface area contributed by atoms with Crippen LogP contribution in [-0.2, 0) is 16.1 Å². The summed E-state index contributed by atoms with van der Waals surface area (Å²) in [4.78, 5) is 26.3. The third kappa shape index (κ3) is 4.57. The molecule has 4 aliphatic rings. The average Bonchev–Trinajstić information content (AvgIpc) is 3.58. The van der Waals surface area contributed by atoms with E-state index >= 15 is 0 Å². The molecular formula is C26H28N2O3. The van der Waals surface area contributed by atoms with E-state index in [1.165, 1.54) is 16.7 Å². The van der Waals surface area contributed by atoms with Gasteiger partial charge in [-0.1, -0.05) is 54.6 Å². The summed E-state index contributed by atoms with van der Waals surface area (Å²) in [7, 11) is 0. The van der Waals surface area contributed by atoms with E-state index in [-0.39, 0.29) is 11.9 Å². The molecule has 0 spiro atoms. The number of carbonyl (C=O) groups excluding carboxylic acids is 2. The molecule has 1 unspecified atom stereocenters. The number of hydrogen-bond acceptors (Lipinski definition) is 3. The van der Waals surface area contributed by atoms with Crippen LogP contribution in [0.4, 0.5) is 4.79 Å². The van der Waals surface area contributed by atoms with Gasteiger partial charge in [0, 0.05) is 37.9 Å². The van der Waals surface area contributed by atoms with Gasteiger partial charge in [-0.2, -0.15) is 0 Å². The molecule has 1 saturated heterocycles. The molecule has 0 aromatic heterocycles. The lowest BCUT2D eigenvalue weighted by molar-refractivity contribution is -0.119. The molecule has 3 aliphatic carbocycles. The summed E-state index contributed by atoms with van der Waals surface area (Å²) in [5, 5.41) is 3.00. The second-order valence-corrected chi connectivity index (χ2v) is 8.72. The molecule has 31 heavy (non-hydrogen) atoms. The Balaban J connectivity index is 1.22. The van der Waals surface area contributed by atoms with Gasteiger partial charge < -0.3 is 15.0 Å². The molecule has 1 atom stereocenters. The highest BCUT2D eigenvalue weighted by Crippen LogP contribution is 2.41. The summed E-state index contributed by atoms with van der Waals surface area (Å²) in [5.41, 5.74) is 5.92. The Morgan fingerprint density at radius 1 is 1.10 bits per heavy atom. The van der Waals surface area contributed by atoms with E-state index in [0.717, 1.165) is 24.0 Å². The van der Waals surface area contributed by atoms with Crippen LogP contribution < -0.4 is 5.32 Å². The van der Waals surface area contributed by atoms with Crippen molar-refractivity contribution in [1.82, 2.24) is 10.2 Å². The molecule has 1 aromatic carbocycles. The highest BCUT2D eigenvalue weighted by Gasteiger charge is 2.31. The van der Waals surface area contributed by atoms with E-state index < -0.39 is 0 Å². The first-order chi connectivity index (χ1) is 15.2. The normalized spacial score (nSPS) is 22.4. The molecular weight excluding hydrogens is 388 g/mol. The molecule has 2 fully saturated rings. The highest BCUT2D eigenvalue weighted by molar-refractivity contribution is 5.87. The van der Waals surface area contributed by atoms with Crippen LogP contribution in [0.5, 0.6) is 0 Å². The fraction of sp³-hybridized carbons (Fsp3) is 0.385. The number of ketones is 1. The smallest absolute Gasteiger partial charge is 0.317 e. The van der Waals surface area contributed by atoms with Crippen LogP contribution in [0.3, 0.4) is 0 Å². The minimum atomic E-state index is -0.0355. The topological polar surface area (TPSA) is 58.6 Å². The highest BCUT2D eigenvalue weighted by atomic mass is 16.5. The Bertz CT molecular complexity index is 990. The maximum absolute atomic E-state index is 12.3. The molecule has 160 valence electrons. The number of allylic oxidation sites excluding steroid dienone is 8. The Labute approximate surface area is 183 Å². The van der Waals surface area contributed by atoms with Crippen molar-refractivity contribution in [2.75, 3.05) is 26.3 Å². The monoisotopic (exact) mass is 416 g/mol. The molecule has 5 heteroatoms. The molecule has 1 heterocycles. The number of nitrogens with one attached hydrogen (secondary N) is 1. The molecule has 0 radical (unpaired) electrons. The number of fused-ring (bicyclic) bond motifs is 1. The van der Waals surface area contributed by atoms with Crippen molar-refractivity contribution in [1.29, 1.82) is 0 Å². The summed E-state index contributed by atoms with van der Waals surface area (Å²) in [6.45, 7) is 3.01. The van der Waals surface area contributed by atoms with Crippen molar-refractivity contribution in [3.05, 3.63) is 76.9 Å². The third-order valence-electron chi connectivity index (χ3n) is 6.43. The number of urea groups is 1. The van der Waals surface area contributed by atoms with Crippen LogP contribution in [0.2, 0.25) is 0 Å². The van der Waals surface area contributed by atoms with Crippen LogP contribution >= 0.6 is 0 Å². The second-order valence-electron chi connectivity index (χ2n) is 8.72. The Kier molecular flexibility index (Phi) is 5.60. The number of rotatable bonds is 6. The lowest BCUT2D eigenvalue weighted by Crippen LogP contribution is -2.45. The van der Waals surface area contributed by atoms with Gasteiger partial charge in [0.1, 0.15) is 5.78 Å². The number of benzene rings is 1. The summed E-state index contributed by atoms with van der Waals surface area (Å²) in [6, 6.07) is 8.37. The van der Waals surface area contributed by atoms with Gasteiger partial charge in [0.05, 0.1) is 13.2 Å². The molecule has 0 bridgehead atoms. The van der Waals surface area contributed by atoms with Gasteiger partial charge in [0.25, 0.3) is 0 Å². The number of morpholine rings is 1. The summed E-state index contributed by atoms with van der Waals surface area (Å²) in [5.74, 6) is 0.919. The predicted octanol–water partition coefficient (Wildman–Crippen LogP) is 4.03. The molecule has 1 aliphatic heterocycles. The van der Waals surface area contributed by atoms with E-state index in [2.05, 4.69) is 60.0 Å². The van der Waals surface area contributed by atoms with Gasteiger partial charge in [0.15, 0.2) is 0 Å². The second kappa shape index (κ2) is 8.67. The maximum atomic E-state index is 12.3. The fourth-order valence-corrected chi connectivity index (χ4v) is 4.46. The van der Waals surface area contributed by atoms with Gasteiger partial charge in [-0.3, -0.25) is 4.79 Å². The molecule has 2 amide bonds. The van der Waals surface area contributed by atoms with Gasteiger partial charge in [-0.15, -0.1) is 0 Å². The standard InChI is InChI=1S/C26H28N2O3/c29-25(21-8-9-21)16-19-14-22-2-1-3-23(24(22)15-19)20-6-4-18(5-7-20)17-27-26(30)28-10-12-31-13-11-28/h1-7,14-15,21,24H,8-13,16-17H2,(H,27,30). The van der Waals surface area contributed by atoms with Crippen molar-refractivity contribution in [3.63, 3.8) is 0 Å². The minimum Gasteiger partial charge on any atom is -0.378 e. The first kappa shape index (κ1) is 20.0. The molecule has 5 rings (SSSR count). The van der Waals surface area contributed by atoms with Crippen LogP contribution in [0.15, 0.2) is 65.8 Å². The Morgan fingerprint density at radius 2 is 1.87 bits per heavy atom. The van der Waals surface area contributed by atoms with E-state index in [1.807, 2.05) is 0 Å². The van der Waals surface area contributed by atoms with Crippen LogP contribution in [-0.4, -0.2) is 43.0 Å². The number of ether oxygens (including phenoxy) is 1. The van der Waals surface area contributed by atoms with E-state index in [0.29, 0.717) is 51.0 Å². The van der Waals surface area contributed by atoms with Crippen molar-refractivity contribution in [2.45, 2.75) is 25.8 Å². The van der Waals surface area contributed by atoms with Crippen molar-refractivity contribution in [2.24, 2.45) is 11.8 Å². The van der Waals surface area contributed by atoms with Crippen LogP contribution in [0.25, 0.3) is 5.57 Å². The average molecular weight is 417 g/mol. The summed E-state index contributed by atoms with van der Waals surface area (Å²) >= 11 is 0. The maximum Gasteiger partial charge on any atom is 0.317 e. The zero-order valence-corrected chi connectivity index (χ0v) is 17.7. The molecule has 1 saturated carbocycles. The van der Waals surface area contributed by atoms with Crippen LogP contribution in [0.1, 0.15) is 30.4 Å². The van der Waals surface area contributed by atoms with Crippen molar-refractivity contribution < 1.29 is 14.3 Å². The molecule has 1 aromatic rings. The van der Waals surface area contributed by atoms with E-state index in [4.69, 9.17) is 4.74 Å². The zero-order chi connectivity index (χ0) is 21.2. The largest absolute Gasteiger partial charge is 0.378 e. The van der Waals surface area contributed by atoms with E-state index in [9.17, 15) is 9.59 Å². The molecule has 1 N–H and O–H groups in total. The van der Waals surface area contributed by atoms with Gasteiger partial charge >= 0.3 is 6.03 Å². The quantitative estimate of drug-likeness (QED) is 0.762. The summed E-state index contributed by atoms with van der Waals surface area (Å²) < 4.78 is 5.30. The number of nitrogens with zero attached hydrogens (tertiary/aromatic N) is 1. The number of amides is 2. The lowest BCUT2D eigenvalue weighted by atomic mass is 9.85. The third-order valence-corrected chi connectivity index (χ3v) is 6.43. The Hall–Kier alpha value is -2.92. The number of carbonyl (C=O) groups is 2. The Morgan fingerprint density at radius 3 is 2.61 bits per heavy atom. The van der Waals surface area contributed by atoms with Gasteiger partial charge in [0.2, 0.25) is 0 Å². The first-order valence-electron chi connectivity index (χ1n) is 11.2. The van der Waals surface area contributed by atoms with Crippen molar-refractivity contribution in [3.8, 4) is 0 Å².